The van der Waals surface area contributed by atoms with Crippen LogP contribution in [0.3, 0.4) is 0 Å². The molecule has 0 unspecified atom stereocenters. The molecule has 1 atom stereocenters. The maximum atomic E-state index is 13.4. The third-order valence-corrected chi connectivity index (χ3v) is 7.68. The van der Waals surface area contributed by atoms with E-state index in [-0.39, 0.29) is 23.8 Å². The second-order valence-corrected chi connectivity index (χ2v) is 10.5. The average molecular weight is 437 g/mol. The molecule has 4 fully saturated rings. The molecule has 1 amide bonds. The molecule has 1 N–H and O–H groups in total. The van der Waals surface area contributed by atoms with Crippen molar-refractivity contribution in [1.29, 1.82) is 0 Å². The van der Waals surface area contributed by atoms with Crippen molar-refractivity contribution in [2.45, 2.75) is 65.0 Å². The Morgan fingerprint density at radius 2 is 1.72 bits per heavy atom. The fraction of sp³-hybridized carbons (Fsp3) is 0.577. The summed E-state index contributed by atoms with van der Waals surface area (Å²) in [5, 5.41) is 3.08. The Bertz CT molecular complexity index is 945. The quantitative estimate of drug-likeness (QED) is 0.634. The summed E-state index contributed by atoms with van der Waals surface area (Å²) in [5.74, 6) is 2.57. The van der Waals surface area contributed by atoms with Gasteiger partial charge in [0.05, 0.1) is 6.20 Å². The molecule has 2 aromatic rings. The van der Waals surface area contributed by atoms with Crippen LogP contribution in [0.15, 0.2) is 40.9 Å². The van der Waals surface area contributed by atoms with Crippen LogP contribution in [0.4, 0.5) is 0 Å². The van der Waals surface area contributed by atoms with Gasteiger partial charge in [-0.1, -0.05) is 44.2 Å². The Balaban J connectivity index is 1.21. The highest BCUT2D eigenvalue weighted by Gasteiger charge is 2.55. The van der Waals surface area contributed by atoms with Gasteiger partial charge in [0, 0.05) is 11.0 Å². The predicted molar refractivity (Wildman–Crippen MR) is 119 cm³/mol. The highest BCUT2D eigenvalue weighted by Crippen LogP contribution is 2.60. The highest BCUT2D eigenvalue weighted by molar-refractivity contribution is 5.88. The molecule has 6 nitrogen and oxygen atoms in total. The van der Waals surface area contributed by atoms with Crippen molar-refractivity contribution in [3.05, 3.63) is 42.4 Å². The summed E-state index contributed by atoms with van der Waals surface area (Å²) in [6.45, 7) is 3.82. The average Bonchev–Trinajstić information content (AvgIpc) is 3.24. The number of aromatic nitrogens is 1. The van der Waals surface area contributed by atoms with E-state index in [1.165, 1.54) is 19.3 Å². The fourth-order valence-corrected chi connectivity index (χ4v) is 6.52. The lowest BCUT2D eigenvalue weighted by atomic mass is 9.49. The van der Waals surface area contributed by atoms with Crippen LogP contribution < -0.4 is 5.32 Å². The summed E-state index contributed by atoms with van der Waals surface area (Å²) in [7, 11) is 0. The standard InChI is InChI=1S/C26H32N2O4/c1-16(2)23(28-25(30)26-11-17-8-18(12-26)10-19(9-17)13-26)24(29)31-15-22-27-14-21(32-22)20-6-4-3-5-7-20/h3-7,14,16-19,23H,8-13,15H2,1-2H3,(H,28,30)/t17?,18?,19?,23-,26?/m1/s1. The molecular formula is C26H32N2O4. The first-order valence-corrected chi connectivity index (χ1v) is 11.9. The van der Waals surface area contributed by atoms with Crippen molar-refractivity contribution >= 4 is 11.9 Å². The van der Waals surface area contributed by atoms with Crippen molar-refractivity contribution in [3.8, 4) is 11.3 Å². The second kappa shape index (κ2) is 8.38. The Morgan fingerprint density at radius 3 is 2.31 bits per heavy atom. The van der Waals surface area contributed by atoms with Crippen molar-refractivity contribution in [1.82, 2.24) is 10.3 Å². The molecule has 1 aromatic heterocycles. The summed E-state index contributed by atoms with van der Waals surface area (Å²) < 4.78 is 11.2. The predicted octanol–water partition coefficient (Wildman–Crippen LogP) is 4.74. The van der Waals surface area contributed by atoms with Gasteiger partial charge >= 0.3 is 5.97 Å². The highest BCUT2D eigenvalue weighted by atomic mass is 16.5. The maximum absolute atomic E-state index is 13.4. The van der Waals surface area contributed by atoms with Crippen molar-refractivity contribution in [2.75, 3.05) is 0 Å². The molecule has 0 spiro atoms. The zero-order valence-electron chi connectivity index (χ0n) is 18.9. The number of amides is 1. The number of esters is 1. The lowest BCUT2D eigenvalue weighted by molar-refractivity contribution is -0.156. The summed E-state index contributed by atoms with van der Waals surface area (Å²) >= 11 is 0. The van der Waals surface area contributed by atoms with Gasteiger partial charge in [0.15, 0.2) is 12.4 Å². The minimum Gasteiger partial charge on any atom is -0.454 e. The number of hydrogen-bond donors (Lipinski definition) is 1. The van der Waals surface area contributed by atoms with Crippen LogP contribution in [-0.4, -0.2) is 22.9 Å². The van der Waals surface area contributed by atoms with E-state index in [2.05, 4.69) is 10.3 Å². The zero-order chi connectivity index (χ0) is 22.3. The molecule has 170 valence electrons. The topological polar surface area (TPSA) is 81.4 Å². The van der Waals surface area contributed by atoms with E-state index in [0.29, 0.717) is 29.4 Å². The maximum Gasteiger partial charge on any atom is 0.329 e. The summed E-state index contributed by atoms with van der Waals surface area (Å²) in [5.41, 5.74) is 0.635. The Kier molecular flexibility index (Phi) is 5.56. The zero-order valence-corrected chi connectivity index (χ0v) is 18.9. The molecule has 4 bridgehead atoms. The van der Waals surface area contributed by atoms with Crippen LogP contribution in [0.25, 0.3) is 11.3 Å². The molecule has 6 heteroatoms. The number of hydrogen-bond acceptors (Lipinski definition) is 5. The molecule has 4 saturated carbocycles. The van der Waals surface area contributed by atoms with Crippen LogP contribution in [0, 0.1) is 29.1 Å². The van der Waals surface area contributed by atoms with Crippen molar-refractivity contribution in [2.24, 2.45) is 29.1 Å². The Labute approximate surface area is 189 Å². The van der Waals surface area contributed by atoms with Gasteiger partial charge < -0.3 is 14.5 Å². The largest absolute Gasteiger partial charge is 0.454 e. The minimum atomic E-state index is -0.668. The number of carbonyl (C=O) groups is 2. The van der Waals surface area contributed by atoms with Crippen LogP contribution in [0.2, 0.25) is 0 Å². The van der Waals surface area contributed by atoms with Gasteiger partial charge in [-0.05, 0) is 62.2 Å². The molecule has 4 aliphatic rings. The molecule has 1 aromatic carbocycles. The van der Waals surface area contributed by atoms with E-state index in [0.717, 1.165) is 24.8 Å². The van der Waals surface area contributed by atoms with Crippen LogP contribution in [0.1, 0.15) is 58.3 Å². The molecule has 0 aliphatic heterocycles. The number of benzene rings is 1. The number of nitrogens with one attached hydrogen (secondary N) is 1. The van der Waals surface area contributed by atoms with Crippen LogP contribution >= 0.6 is 0 Å². The number of ether oxygens (including phenoxy) is 1. The normalized spacial score (nSPS) is 29.2. The molecule has 6 rings (SSSR count). The Hall–Kier alpha value is -2.63. The van der Waals surface area contributed by atoms with Gasteiger partial charge in [0.25, 0.3) is 0 Å². The van der Waals surface area contributed by atoms with Crippen molar-refractivity contribution in [3.63, 3.8) is 0 Å². The number of nitrogens with zero attached hydrogens (tertiary/aromatic N) is 1. The van der Waals surface area contributed by atoms with E-state index in [1.54, 1.807) is 6.20 Å². The summed E-state index contributed by atoms with van der Waals surface area (Å²) in [6.07, 6.45) is 8.40. The number of oxazole rings is 1. The fourth-order valence-electron chi connectivity index (χ4n) is 6.52. The Morgan fingerprint density at radius 1 is 1.09 bits per heavy atom. The van der Waals surface area contributed by atoms with Gasteiger partial charge in [-0.15, -0.1) is 0 Å². The third kappa shape index (κ3) is 4.07. The third-order valence-electron chi connectivity index (χ3n) is 7.68. The first-order chi connectivity index (χ1) is 15.4. The molecule has 4 aliphatic carbocycles. The first-order valence-electron chi connectivity index (χ1n) is 11.9. The van der Waals surface area contributed by atoms with Gasteiger partial charge in [-0.3, -0.25) is 4.79 Å². The molecular weight excluding hydrogens is 404 g/mol. The van der Waals surface area contributed by atoms with Crippen LogP contribution in [-0.2, 0) is 20.9 Å². The first kappa shape index (κ1) is 21.2. The molecule has 1 heterocycles. The smallest absolute Gasteiger partial charge is 0.329 e. The van der Waals surface area contributed by atoms with Gasteiger partial charge in [-0.2, -0.15) is 0 Å². The van der Waals surface area contributed by atoms with Crippen molar-refractivity contribution < 1.29 is 18.7 Å². The molecule has 0 radical (unpaired) electrons. The number of carbonyl (C=O) groups excluding carboxylic acids is 2. The van der Waals surface area contributed by atoms with E-state index in [9.17, 15) is 9.59 Å². The summed E-state index contributed by atoms with van der Waals surface area (Å²) in [6, 6.07) is 9.00. The SMILES string of the molecule is CC(C)[C@@H](NC(=O)C12CC3CC(CC(C3)C1)C2)C(=O)OCc1ncc(-c2ccccc2)o1. The lowest BCUT2D eigenvalue weighted by Crippen LogP contribution is -2.57. The monoisotopic (exact) mass is 436 g/mol. The van der Waals surface area contributed by atoms with Gasteiger partial charge in [-0.25, -0.2) is 9.78 Å². The van der Waals surface area contributed by atoms with E-state index < -0.39 is 12.0 Å². The summed E-state index contributed by atoms with van der Waals surface area (Å²) in [4.78, 5) is 30.5. The van der Waals surface area contributed by atoms with E-state index >= 15 is 0 Å². The second-order valence-electron chi connectivity index (χ2n) is 10.5. The lowest BCUT2D eigenvalue weighted by Gasteiger charge is -2.55. The van der Waals surface area contributed by atoms with E-state index in [1.807, 2.05) is 44.2 Å². The number of rotatable bonds is 7. The van der Waals surface area contributed by atoms with E-state index in [4.69, 9.17) is 9.15 Å². The van der Waals surface area contributed by atoms with Gasteiger partial charge in [0.1, 0.15) is 6.04 Å². The minimum absolute atomic E-state index is 0.0507. The van der Waals surface area contributed by atoms with Crippen LogP contribution in [0.5, 0.6) is 0 Å². The molecule has 32 heavy (non-hydrogen) atoms. The van der Waals surface area contributed by atoms with Gasteiger partial charge in [0.2, 0.25) is 11.8 Å². The molecule has 0 saturated heterocycles.